The number of esters is 1. The number of hydrogen-bond donors (Lipinski definition) is 4. The average molecular weight is 695 g/mol. The van der Waals surface area contributed by atoms with Gasteiger partial charge >= 0.3 is 5.97 Å². The lowest BCUT2D eigenvalue weighted by atomic mass is 9.99. The van der Waals surface area contributed by atoms with E-state index in [4.69, 9.17) is 18.9 Å². The Morgan fingerprint density at radius 3 is 1.76 bits per heavy atom. The Morgan fingerprint density at radius 2 is 1.20 bits per heavy atom. The number of unbranched alkanes of at least 4 members (excludes halogenated alkanes) is 12. The highest BCUT2D eigenvalue weighted by Gasteiger charge is 2.44. The maximum Gasteiger partial charge on any atom is 0.306 e. The van der Waals surface area contributed by atoms with E-state index in [1.807, 2.05) is 12.2 Å². The number of carbonyl (C=O) groups excluding carboxylic acids is 1. The molecule has 0 amide bonds. The van der Waals surface area contributed by atoms with Gasteiger partial charge in [0.25, 0.3) is 0 Å². The van der Waals surface area contributed by atoms with E-state index in [1.165, 1.54) is 70.6 Å². The highest BCUT2D eigenvalue weighted by atomic mass is 16.7. The summed E-state index contributed by atoms with van der Waals surface area (Å²) in [6, 6.07) is 0. The first-order valence-electron chi connectivity index (χ1n) is 19.2. The van der Waals surface area contributed by atoms with Crippen molar-refractivity contribution in [2.75, 3.05) is 26.4 Å². The van der Waals surface area contributed by atoms with Gasteiger partial charge in [0.15, 0.2) is 6.29 Å². The van der Waals surface area contributed by atoms with Crippen molar-refractivity contribution in [3.05, 3.63) is 48.6 Å². The molecule has 0 radical (unpaired) electrons. The predicted molar refractivity (Wildman–Crippen MR) is 196 cm³/mol. The fourth-order valence-electron chi connectivity index (χ4n) is 5.50. The normalized spacial score (nSPS) is 22.3. The molecule has 9 nitrogen and oxygen atoms in total. The Labute approximate surface area is 297 Å². The Hall–Kier alpha value is -1.85. The minimum absolute atomic E-state index is 0.116. The summed E-state index contributed by atoms with van der Waals surface area (Å²) >= 11 is 0. The van der Waals surface area contributed by atoms with Gasteiger partial charge in [0.1, 0.15) is 30.5 Å². The molecule has 6 unspecified atom stereocenters. The van der Waals surface area contributed by atoms with E-state index in [2.05, 4.69) is 50.3 Å². The Balaban J connectivity index is 2.39. The lowest BCUT2D eigenvalue weighted by Crippen LogP contribution is -2.59. The number of aliphatic hydroxyl groups is 4. The number of rotatable bonds is 31. The van der Waals surface area contributed by atoms with Crippen LogP contribution in [0.5, 0.6) is 0 Å². The highest BCUT2D eigenvalue weighted by molar-refractivity contribution is 5.69. The van der Waals surface area contributed by atoms with Gasteiger partial charge in [-0.3, -0.25) is 4.79 Å². The van der Waals surface area contributed by atoms with E-state index in [0.29, 0.717) is 13.0 Å². The van der Waals surface area contributed by atoms with Crippen LogP contribution < -0.4 is 0 Å². The van der Waals surface area contributed by atoms with Crippen LogP contribution >= 0.6 is 0 Å². The van der Waals surface area contributed by atoms with Crippen molar-refractivity contribution in [3.63, 3.8) is 0 Å². The third kappa shape index (κ3) is 24.1. The lowest BCUT2D eigenvalue weighted by Gasteiger charge is -2.39. The van der Waals surface area contributed by atoms with Crippen LogP contribution in [0.2, 0.25) is 0 Å². The molecular formula is C40H70O9. The minimum atomic E-state index is -1.55. The van der Waals surface area contributed by atoms with Gasteiger partial charge in [0, 0.05) is 13.0 Å². The summed E-state index contributed by atoms with van der Waals surface area (Å²) in [7, 11) is 0. The molecule has 9 heteroatoms. The molecule has 1 aliphatic heterocycles. The number of hydrogen-bond acceptors (Lipinski definition) is 9. The second kappa shape index (κ2) is 32.1. The molecule has 4 N–H and O–H groups in total. The minimum Gasteiger partial charge on any atom is -0.457 e. The molecule has 0 aliphatic carbocycles. The zero-order valence-electron chi connectivity index (χ0n) is 30.7. The van der Waals surface area contributed by atoms with Crippen molar-refractivity contribution >= 4 is 5.97 Å². The van der Waals surface area contributed by atoms with Crippen LogP contribution in [0, 0.1) is 0 Å². The molecule has 1 aliphatic rings. The van der Waals surface area contributed by atoms with Crippen LogP contribution in [-0.2, 0) is 23.7 Å². The fourth-order valence-corrected chi connectivity index (χ4v) is 5.50. The van der Waals surface area contributed by atoms with Gasteiger partial charge in [-0.15, -0.1) is 0 Å². The molecule has 1 saturated heterocycles. The van der Waals surface area contributed by atoms with Gasteiger partial charge < -0.3 is 39.4 Å². The van der Waals surface area contributed by atoms with E-state index in [-0.39, 0.29) is 19.6 Å². The molecule has 0 aromatic carbocycles. The van der Waals surface area contributed by atoms with Crippen LogP contribution in [0.3, 0.4) is 0 Å². The first-order chi connectivity index (χ1) is 23.9. The molecule has 0 aromatic heterocycles. The maximum atomic E-state index is 12.6. The molecular weight excluding hydrogens is 624 g/mol. The molecule has 1 rings (SSSR count). The summed E-state index contributed by atoms with van der Waals surface area (Å²) in [5.41, 5.74) is 0. The van der Waals surface area contributed by atoms with E-state index in [1.54, 1.807) is 0 Å². The summed E-state index contributed by atoms with van der Waals surface area (Å²) in [6.07, 6.45) is 30.1. The third-order valence-corrected chi connectivity index (χ3v) is 8.52. The van der Waals surface area contributed by atoms with Gasteiger partial charge in [0.2, 0.25) is 0 Å². The molecule has 1 fully saturated rings. The summed E-state index contributed by atoms with van der Waals surface area (Å²) in [5.74, 6) is -0.394. The summed E-state index contributed by atoms with van der Waals surface area (Å²) in [4.78, 5) is 12.6. The van der Waals surface area contributed by atoms with Crippen molar-refractivity contribution in [1.29, 1.82) is 0 Å². The number of aliphatic hydroxyl groups excluding tert-OH is 4. The molecule has 49 heavy (non-hydrogen) atoms. The first kappa shape index (κ1) is 45.2. The number of carbonyl (C=O) groups is 1. The molecule has 6 atom stereocenters. The van der Waals surface area contributed by atoms with Crippen molar-refractivity contribution in [2.45, 2.75) is 173 Å². The third-order valence-electron chi connectivity index (χ3n) is 8.52. The van der Waals surface area contributed by atoms with Crippen molar-refractivity contribution in [1.82, 2.24) is 0 Å². The SMILES string of the molecule is CC/C=C\C/C=C\C/C=C\C/C=C\CCC(=O)OC(COCCCCCCCCCCCCCCC)COC1OC(CO)C(O)C(O)C1O. The highest BCUT2D eigenvalue weighted by Crippen LogP contribution is 2.22. The van der Waals surface area contributed by atoms with Gasteiger partial charge in [-0.1, -0.05) is 140 Å². The van der Waals surface area contributed by atoms with Gasteiger partial charge in [-0.2, -0.15) is 0 Å². The largest absolute Gasteiger partial charge is 0.457 e. The van der Waals surface area contributed by atoms with Crippen LogP contribution in [0.15, 0.2) is 48.6 Å². The van der Waals surface area contributed by atoms with E-state index in [0.717, 1.165) is 38.5 Å². The predicted octanol–water partition coefficient (Wildman–Crippen LogP) is 7.41. The topological polar surface area (TPSA) is 135 Å². The number of allylic oxidation sites excluding steroid dienone is 8. The second-order valence-electron chi connectivity index (χ2n) is 13.0. The average Bonchev–Trinajstić information content (AvgIpc) is 3.10. The van der Waals surface area contributed by atoms with Crippen LogP contribution in [0.1, 0.15) is 136 Å². The van der Waals surface area contributed by atoms with Crippen molar-refractivity contribution in [2.24, 2.45) is 0 Å². The summed E-state index contributed by atoms with van der Waals surface area (Å²) in [6.45, 7) is 4.33. The monoisotopic (exact) mass is 695 g/mol. The fraction of sp³-hybridized carbons (Fsp3) is 0.775. The van der Waals surface area contributed by atoms with Crippen molar-refractivity contribution in [3.8, 4) is 0 Å². The maximum absolute atomic E-state index is 12.6. The van der Waals surface area contributed by atoms with Crippen LogP contribution in [0.4, 0.5) is 0 Å². The Bertz CT molecular complexity index is 885. The quantitative estimate of drug-likeness (QED) is 0.0333. The summed E-state index contributed by atoms with van der Waals surface area (Å²) in [5, 5.41) is 39.9. The second-order valence-corrected chi connectivity index (χ2v) is 13.0. The molecule has 1 heterocycles. The zero-order valence-corrected chi connectivity index (χ0v) is 30.7. The van der Waals surface area contributed by atoms with E-state index < -0.39 is 49.4 Å². The summed E-state index contributed by atoms with van der Waals surface area (Å²) < 4.78 is 22.6. The van der Waals surface area contributed by atoms with Crippen molar-refractivity contribution < 1.29 is 44.2 Å². The number of ether oxygens (including phenoxy) is 4. The molecule has 0 spiro atoms. The Morgan fingerprint density at radius 1 is 0.673 bits per heavy atom. The molecule has 0 saturated carbocycles. The lowest BCUT2D eigenvalue weighted by molar-refractivity contribution is -0.305. The van der Waals surface area contributed by atoms with E-state index >= 15 is 0 Å². The first-order valence-corrected chi connectivity index (χ1v) is 19.2. The molecule has 0 aromatic rings. The smallest absolute Gasteiger partial charge is 0.306 e. The van der Waals surface area contributed by atoms with E-state index in [9.17, 15) is 25.2 Å². The zero-order chi connectivity index (χ0) is 35.8. The standard InChI is InChI=1S/C40H70O9/c1-3-5-7-9-11-13-15-17-19-21-23-25-27-29-36(42)48-34(33-47-40-39(45)38(44)37(43)35(31-41)49-40)32-46-30-28-26-24-22-20-18-16-14-12-10-8-6-4-2/h5,7,11,13,17,19,23,25,34-35,37-41,43-45H,3-4,6,8-10,12,14-16,18,20-22,24,26-33H2,1-2H3/b7-5-,13-11-,19-17-,25-23-. The molecule has 0 bridgehead atoms. The van der Waals surface area contributed by atoms with Crippen LogP contribution in [0.25, 0.3) is 0 Å². The Kier molecular flexibility index (Phi) is 29.6. The van der Waals surface area contributed by atoms with Gasteiger partial charge in [0.05, 0.1) is 19.8 Å². The molecule has 284 valence electrons. The van der Waals surface area contributed by atoms with Gasteiger partial charge in [-0.25, -0.2) is 0 Å². The van der Waals surface area contributed by atoms with Gasteiger partial charge in [-0.05, 0) is 38.5 Å². The van der Waals surface area contributed by atoms with Crippen LogP contribution in [-0.4, -0.2) is 89.6 Å².